The smallest absolute Gasteiger partial charge is 0.343 e. The number of benzene rings is 3. The Morgan fingerprint density at radius 2 is 1.44 bits per heavy atom. The number of aryl methyl sites for hydroxylation is 1. The lowest BCUT2D eigenvalue weighted by Gasteiger charge is -2.30. The summed E-state index contributed by atoms with van der Waals surface area (Å²) in [6.07, 6.45) is 2.59. The first-order chi connectivity index (χ1) is 20.5. The van der Waals surface area contributed by atoms with Crippen LogP contribution in [0, 0.1) is 28.9 Å². The van der Waals surface area contributed by atoms with Gasteiger partial charge in [0.05, 0.1) is 22.3 Å². The minimum Gasteiger partial charge on any atom is -0.423 e. The molecule has 3 aromatic carbocycles. The van der Waals surface area contributed by atoms with Crippen molar-refractivity contribution >= 4 is 35.2 Å². The van der Waals surface area contributed by atoms with Crippen molar-refractivity contribution in [3.63, 3.8) is 0 Å². The van der Waals surface area contributed by atoms with Gasteiger partial charge in [-0.1, -0.05) is 29.3 Å². The number of hydrogen-bond donors (Lipinski definition) is 0. The van der Waals surface area contributed by atoms with Gasteiger partial charge in [0.2, 0.25) is 0 Å². The number of esters is 1. The second-order valence-corrected chi connectivity index (χ2v) is 10.6. The van der Waals surface area contributed by atoms with Crippen LogP contribution >= 0.6 is 0 Å². The number of rotatable bonds is 8. The Morgan fingerprint density at radius 1 is 0.860 bits per heavy atom. The van der Waals surface area contributed by atoms with E-state index >= 15 is 0 Å². The Labute approximate surface area is 246 Å². The van der Waals surface area contributed by atoms with E-state index in [1.54, 1.807) is 24.3 Å². The number of amides is 3. The number of ketones is 1. The topological polar surface area (TPSA) is 144 Å². The molecule has 1 aliphatic carbocycles. The van der Waals surface area contributed by atoms with Crippen LogP contribution in [0.25, 0.3) is 0 Å². The molecule has 3 aromatic rings. The first kappa shape index (κ1) is 29.1. The van der Waals surface area contributed by atoms with Crippen LogP contribution < -0.4 is 4.74 Å². The molecule has 11 heteroatoms. The molecule has 11 nitrogen and oxygen atoms in total. The van der Waals surface area contributed by atoms with E-state index in [-0.39, 0.29) is 22.6 Å². The maximum Gasteiger partial charge on any atom is 0.343 e. The fourth-order valence-electron chi connectivity index (χ4n) is 5.16. The number of nitro benzene ring substituents is 1. The molecule has 1 fully saturated rings. The van der Waals surface area contributed by atoms with Gasteiger partial charge in [-0.25, -0.2) is 9.80 Å². The molecule has 1 heterocycles. The summed E-state index contributed by atoms with van der Waals surface area (Å²) in [6, 6.07) is 17.2. The van der Waals surface area contributed by atoms with E-state index in [0.29, 0.717) is 18.4 Å². The van der Waals surface area contributed by atoms with E-state index in [2.05, 4.69) is 0 Å². The largest absolute Gasteiger partial charge is 0.423 e. The SMILES string of the molecule is CC1=CC[C@@H]2C(=O)N(N(CC(=O)c3ccc(OC(=O)c4ccc(C)cc4)cc3)C(=O)c3ccc([N+](=O)[O-])cc3)C(=O)[C@H]2C1. The van der Waals surface area contributed by atoms with Gasteiger partial charge in [-0.15, -0.1) is 0 Å². The third kappa shape index (κ3) is 5.96. The lowest BCUT2D eigenvalue weighted by Crippen LogP contribution is -2.52. The van der Waals surface area contributed by atoms with Crippen molar-refractivity contribution in [1.29, 1.82) is 0 Å². The Bertz CT molecular complexity index is 1660. The molecule has 2 aliphatic rings. The van der Waals surface area contributed by atoms with Crippen molar-refractivity contribution in [3.8, 4) is 5.75 Å². The number of hydrogen-bond acceptors (Lipinski definition) is 8. The van der Waals surface area contributed by atoms with Gasteiger partial charge in [-0.05, 0) is 75.2 Å². The summed E-state index contributed by atoms with van der Waals surface area (Å²) >= 11 is 0. The van der Waals surface area contributed by atoms with Crippen LogP contribution in [0.4, 0.5) is 5.69 Å². The molecule has 3 amide bonds. The molecule has 43 heavy (non-hydrogen) atoms. The second-order valence-electron chi connectivity index (χ2n) is 10.6. The summed E-state index contributed by atoms with van der Waals surface area (Å²) in [7, 11) is 0. The van der Waals surface area contributed by atoms with Gasteiger partial charge >= 0.3 is 5.97 Å². The highest BCUT2D eigenvalue weighted by Crippen LogP contribution is 2.38. The quantitative estimate of drug-likeness (QED) is 0.0708. The summed E-state index contributed by atoms with van der Waals surface area (Å²) in [5.41, 5.74) is 2.16. The fourth-order valence-corrected chi connectivity index (χ4v) is 5.16. The summed E-state index contributed by atoms with van der Waals surface area (Å²) in [5.74, 6) is -4.27. The van der Waals surface area contributed by atoms with E-state index in [9.17, 15) is 34.1 Å². The summed E-state index contributed by atoms with van der Waals surface area (Å²) in [5, 5.41) is 12.7. The minimum absolute atomic E-state index is 0.0402. The van der Waals surface area contributed by atoms with E-state index in [1.165, 1.54) is 36.4 Å². The zero-order chi connectivity index (χ0) is 30.8. The first-order valence-corrected chi connectivity index (χ1v) is 13.5. The van der Waals surface area contributed by atoms with Crippen molar-refractivity contribution in [3.05, 3.63) is 117 Å². The number of nitrogens with zero attached hydrogens (tertiary/aromatic N) is 3. The van der Waals surface area contributed by atoms with Gasteiger partial charge in [0.25, 0.3) is 23.4 Å². The fraction of sp³-hybridized carbons (Fsp3) is 0.219. The molecule has 0 saturated carbocycles. The zero-order valence-corrected chi connectivity index (χ0v) is 23.4. The molecule has 0 spiro atoms. The van der Waals surface area contributed by atoms with Crippen molar-refractivity contribution in [2.75, 3.05) is 6.54 Å². The molecule has 0 bridgehead atoms. The van der Waals surface area contributed by atoms with Crippen LogP contribution in [0.15, 0.2) is 84.4 Å². The highest BCUT2D eigenvalue weighted by atomic mass is 16.6. The Morgan fingerprint density at radius 3 is 2.07 bits per heavy atom. The molecule has 0 aromatic heterocycles. The maximum absolute atomic E-state index is 13.7. The number of ether oxygens (including phenoxy) is 1. The number of allylic oxidation sites excluding steroid dienone is 2. The van der Waals surface area contributed by atoms with Crippen molar-refractivity contribution in [1.82, 2.24) is 10.0 Å². The van der Waals surface area contributed by atoms with E-state index in [4.69, 9.17) is 4.74 Å². The second kappa shape index (κ2) is 11.8. The molecule has 0 N–H and O–H groups in total. The molecule has 218 valence electrons. The van der Waals surface area contributed by atoms with Gasteiger partial charge in [-0.2, -0.15) is 5.01 Å². The number of hydrazine groups is 1. The number of carbonyl (C=O) groups excluding carboxylic acids is 5. The van der Waals surface area contributed by atoms with E-state index < -0.39 is 52.8 Å². The first-order valence-electron chi connectivity index (χ1n) is 13.5. The number of carbonyl (C=O) groups is 5. The Hall–Kier alpha value is -5.45. The van der Waals surface area contributed by atoms with Crippen LogP contribution in [0.5, 0.6) is 5.75 Å². The van der Waals surface area contributed by atoms with Crippen LogP contribution in [-0.4, -0.2) is 51.0 Å². The van der Waals surface area contributed by atoms with E-state index in [0.717, 1.165) is 33.3 Å². The highest BCUT2D eigenvalue weighted by molar-refractivity contribution is 6.10. The predicted molar refractivity (Wildman–Crippen MR) is 153 cm³/mol. The Kier molecular flexibility index (Phi) is 7.98. The number of imide groups is 1. The monoisotopic (exact) mass is 581 g/mol. The molecular formula is C32H27N3O8. The van der Waals surface area contributed by atoms with Gasteiger partial charge in [0, 0.05) is 23.3 Å². The lowest BCUT2D eigenvalue weighted by molar-refractivity contribution is -0.384. The third-order valence-corrected chi connectivity index (χ3v) is 7.57. The van der Waals surface area contributed by atoms with Crippen LogP contribution in [0.1, 0.15) is 56.4 Å². The van der Waals surface area contributed by atoms with Gasteiger partial charge < -0.3 is 4.74 Å². The molecule has 1 aliphatic heterocycles. The van der Waals surface area contributed by atoms with Crippen LogP contribution in [-0.2, 0) is 9.59 Å². The van der Waals surface area contributed by atoms with Crippen molar-refractivity contribution in [2.45, 2.75) is 26.7 Å². The third-order valence-electron chi connectivity index (χ3n) is 7.57. The number of Topliss-reactive ketones (excluding diaryl/α,β-unsaturated/α-hetero) is 1. The molecule has 5 rings (SSSR count). The minimum atomic E-state index is -0.836. The predicted octanol–water partition coefficient (Wildman–Crippen LogP) is 4.70. The molecule has 0 unspecified atom stereocenters. The van der Waals surface area contributed by atoms with Crippen molar-refractivity contribution < 1.29 is 33.6 Å². The number of non-ortho nitro benzene ring substituents is 1. The molecule has 0 radical (unpaired) electrons. The standard InChI is InChI=1S/C32H27N3O8/c1-19-3-6-23(7-4-19)32(40)43-25-14-10-21(11-15-25)28(36)18-33(29(37)22-8-12-24(13-9-22)35(41)42)34-30(38)26-16-5-20(2)17-27(26)31(34)39/h3-15,26-27H,16-18H2,1-2H3/t26-,27-/m0/s1. The average Bonchev–Trinajstić information content (AvgIpc) is 3.24. The zero-order valence-electron chi connectivity index (χ0n) is 23.4. The summed E-state index contributed by atoms with van der Waals surface area (Å²) in [6.45, 7) is 3.11. The normalized spacial score (nSPS) is 17.6. The van der Waals surface area contributed by atoms with E-state index in [1.807, 2.05) is 19.9 Å². The van der Waals surface area contributed by atoms with Gasteiger partial charge in [0.1, 0.15) is 12.3 Å². The van der Waals surface area contributed by atoms with Gasteiger partial charge in [0.15, 0.2) is 5.78 Å². The number of fused-ring (bicyclic) bond motifs is 1. The maximum atomic E-state index is 13.7. The number of nitro groups is 1. The van der Waals surface area contributed by atoms with Crippen LogP contribution in [0.3, 0.4) is 0 Å². The Balaban J connectivity index is 1.38. The molecule has 2 atom stereocenters. The summed E-state index contributed by atoms with van der Waals surface area (Å²) in [4.78, 5) is 76.8. The van der Waals surface area contributed by atoms with Gasteiger partial charge in [-0.3, -0.25) is 29.3 Å². The molecular weight excluding hydrogens is 554 g/mol. The van der Waals surface area contributed by atoms with Crippen molar-refractivity contribution in [2.24, 2.45) is 11.8 Å². The highest BCUT2D eigenvalue weighted by Gasteiger charge is 2.51. The molecule has 1 saturated heterocycles. The summed E-state index contributed by atoms with van der Waals surface area (Å²) < 4.78 is 5.39. The van der Waals surface area contributed by atoms with Crippen LogP contribution in [0.2, 0.25) is 0 Å². The lowest BCUT2D eigenvalue weighted by atomic mass is 9.82. The average molecular weight is 582 g/mol.